The fraction of sp³-hybridized carbons (Fsp3) is 0.188. The van der Waals surface area contributed by atoms with Crippen LogP contribution in [0.1, 0.15) is 31.9 Å². The fourth-order valence-electron chi connectivity index (χ4n) is 2.50. The quantitative estimate of drug-likeness (QED) is 0.612. The van der Waals surface area contributed by atoms with Crippen molar-refractivity contribution >= 4 is 53.7 Å². The molecular weight excluding hydrogens is 462 g/mol. The van der Waals surface area contributed by atoms with E-state index in [0.717, 1.165) is 44.2 Å². The zero-order valence-electron chi connectivity index (χ0n) is 11.0. The monoisotopic (exact) mass is 471 g/mol. The van der Waals surface area contributed by atoms with Gasteiger partial charge in [0.2, 0.25) is 0 Å². The molecule has 0 spiro atoms. The van der Waals surface area contributed by atoms with E-state index in [1.54, 1.807) is 0 Å². The summed E-state index contributed by atoms with van der Waals surface area (Å²) >= 11 is 10.8. The molecule has 1 heterocycles. The van der Waals surface area contributed by atoms with Gasteiger partial charge in [0.15, 0.2) is 0 Å². The Hall–Kier alpha value is -0.650. The predicted molar refractivity (Wildman–Crippen MR) is 95.1 cm³/mol. The van der Waals surface area contributed by atoms with Crippen molar-refractivity contribution in [2.45, 2.75) is 11.2 Å². The SMILES string of the molecule is O=C1NCCc2ccc(C(Br)c3cc(Br)cc(Br)c3)cc21. The second kappa shape index (κ2) is 6.23. The van der Waals surface area contributed by atoms with Gasteiger partial charge in [-0.3, -0.25) is 4.79 Å². The lowest BCUT2D eigenvalue weighted by Gasteiger charge is -2.19. The summed E-state index contributed by atoms with van der Waals surface area (Å²) in [6.07, 6.45) is 0.900. The van der Waals surface area contributed by atoms with Crippen molar-refractivity contribution in [3.05, 3.63) is 67.6 Å². The van der Waals surface area contributed by atoms with Crippen LogP contribution < -0.4 is 5.32 Å². The second-order valence-corrected chi connectivity index (χ2v) is 7.73. The lowest BCUT2D eigenvalue weighted by atomic mass is 9.95. The highest BCUT2D eigenvalue weighted by molar-refractivity contribution is 9.11. The van der Waals surface area contributed by atoms with Crippen molar-refractivity contribution in [2.24, 2.45) is 0 Å². The van der Waals surface area contributed by atoms with Crippen LogP contribution in [0.4, 0.5) is 0 Å². The Balaban J connectivity index is 2.00. The van der Waals surface area contributed by atoms with E-state index in [0.29, 0.717) is 0 Å². The first-order valence-electron chi connectivity index (χ1n) is 6.55. The number of hydrogen-bond acceptors (Lipinski definition) is 1. The van der Waals surface area contributed by atoms with Crippen molar-refractivity contribution in [1.82, 2.24) is 5.32 Å². The van der Waals surface area contributed by atoms with Gasteiger partial charge in [0.05, 0.1) is 4.83 Å². The first kappa shape index (κ1) is 15.3. The van der Waals surface area contributed by atoms with E-state index in [2.05, 4.69) is 77.4 Å². The maximum Gasteiger partial charge on any atom is 0.251 e. The number of rotatable bonds is 2. The van der Waals surface area contributed by atoms with Gasteiger partial charge in [0.1, 0.15) is 0 Å². The smallest absolute Gasteiger partial charge is 0.251 e. The van der Waals surface area contributed by atoms with Gasteiger partial charge in [-0.05, 0) is 47.4 Å². The number of nitrogens with one attached hydrogen (secondary N) is 1. The molecule has 2 aromatic carbocycles. The number of amides is 1. The number of benzene rings is 2. The maximum atomic E-state index is 12.0. The number of hydrogen-bond donors (Lipinski definition) is 1. The van der Waals surface area contributed by atoms with Crippen LogP contribution in [0, 0.1) is 0 Å². The molecule has 0 fully saturated rings. The van der Waals surface area contributed by atoms with E-state index in [4.69, 9.17) is 0 Å². The van der Waals surface area contributed by atoms with Gasteiger partial charge in [-0.2, -0.15) is 0 Å². The molecule has 0 saturated carbocycles. The summed E-state index contributed by atoms with van der Waals surface area (Å²) in [7, 11) is 0. The van der Waals surface area contributed by atoms with Crippen LogP contribution in [0.5, 0.6) is 0 Å². The zero-order valence-corrected chi connectivity index (χ0v) is 15.8. The Kier molecular flexibility index (Phi) is 4.52. The number of alkyl halides is 1. The molecule has 1 aliphatic heterocycles. The lowest BCUT2D eigenvalue weighted by molar-refractivity contribution is 0.0946. The Morgan fingerprint density at radius 3 is 2.43 bits per heavy atom. The highest BCUT2D eigenvalue weighted by atomic mass is 79.9. The van der Waals surface area contributed by atoms with Crippen molar-refractivity contribution in [3.8, 4) is 0 Å². The molecule has 5 heteroatoms. The molecule has 1 amide bonds. The standard InChI is InChI=1S/C16H12Br3NO/c17-12-5-11(6-13(18)8-12)15(19)10-2-1-9-3-4-20-16(21)14(9)7-10/h1-2,5-8,15H,3-4H2,(H,20,21). The number of fused-ring (bicyclic) bond motifs is 1. The summed E-state index contributed by atoms with van der Waals surface area (Å²) in [6, 6.07) is 12.3. The van der Waals surface area contributed by atoms with Crippen molar-refractivity contribution in [1.29, 1.82) is 0 Å². The van der Waals surface area contributed by atoms with Crippen molar-refractivity contribution < 1.29 is 4.79 Å². The van der Waals surface area contributed by atoms with Crippen molar-refractivity contribution in [2.75, 3.05) is 6.54 Å². The van der Waals surface area contributed by atoms with Crippen LogP contribution in [0.15, 0.2) is 45.3 Å². The Morgan fingerprint density at radius 2 is 1.71 bits per heavy atom. The summed E-state index contributed by atoms with van der Waals surface area (Å²) in [5, 5.41) is 2.89. The van der Waals surface area contributed by atoms with Crippen LogP contribution >= 0.6 is 47.8 Å². The molecule has 1 aliphatic rings. The Labute approximate surface area is 148 Å². The van der Waals surface area contributed by atoms with Gasteiger partial charge in [-0.1, -0.05) is 59.9 Å². The normalized spacial score (nSPS) is 15.3. The third kappa shape index (κ3) is 3.25. The molecule has 3 rings (SSSR count). The number of halogens is 3. The largest absolute Gasteiger partial charge is 0.352 e. The molecule has 0 radical (unpaired) electrons. The van der Waals surface area contributed by atoms with Gasteiger partial charge in [0, 0.05) is 21.1 Å². The third-order valence-electron chi connectivity index (χ3n) is 3.53. The van der Waals surface area contributed by atoms with Gasteiger partial charge in [0.25, 0.3) is 5.91 Å². The minimum Gasteiger partial charge on any atom is -0.352 e. The molecule has 108 valence electrons. The summed E-state index contributed by atoms with van der Waals surface area (Å²) < 4.78 is 2.04. The van der Waals surface area contributed by atoms with Gasteiger partial charge in [-0.25, -0.2) is 0 Å². The van der Waals surface area contributed by atoms with Gasteiger partial charge >= 0.3 is 0 Å². The molecule has 1 atom stereocenters. The van der Waals surface area contributed by atoms with Crippen LogP contribution in [-0.2, 0) is 6.42 Å². The molecule has 0 aromatic heterocycles. The topological polar surface area (TPSA) is 29.1 Å². The summed E-state index contributed by atoms with van der Waals surface area (Å²) in [5.74, 6) is 0.0215. The summed E-state index contributed by atoms with van der Waals surface area (Å²) in [6.45, 7) is 0.724. The average Bonchev–Trinajstić information content (AvgIpc) is 2.45. The van der Waals surface area contributed by atoms with E-state index >= 15 is 0 Å². The van der Waals surface area contributed by atoms with Gasteiger partial charge < -0.3 is 5.32 Å². The van der Waals surface area contributed by atoms with E-state index in [9.17, 15) is 4.79 Å². The van der Waals surface area contributed by atoms with E-state index in [-0.39, 0.29) is 10.7 Å². The maximum absolute atomic E-state index is 12.0. The van der Waals surface area contributed by atoms with E-state index < -0.39 is 0 Å². The van der Waals surface area contributed by atoms with Crippen LogP contribution in [0.2, 0.25) is 0 Å². The molecule has 0 aliphatic carbocycles. The van der Waals surface area contributed by atoms with E-state index in [1.807, 2.05) is 12.1 Å². The minimum atomic E-state index is 0.0215. The molecule has 0 bridgehead atoms. The highest BCUT2D eigenvalue weighted by Gasteiger charge is 2.19. The molecular formula is C16H12Br3NO. The molecule has 2 nitrogen and oxygen atoms in total. The average molecular weight is 474 g/mol. The number of carbonyl (C=O) groups is 1. The molecule has 2 aromatic rings. The summed E-state index contributed by atoms with van der Waals surface area (Å²) in [4.78, 5) is 12.0. The second-order valence-electron chi connectivity index (χ2n) is 4.99. The minimum absolute atomic E-state index is 0.0215. The summed E-state index contributed by atoms with van der Waals surface area (Å²) in [5.41, 5.74) is 4.12. The third-order valence-corrected chi connectivity index (χ3v) is 5.50. The van der Waals surface area contributed by atoms with E-state index in [1.165, 1.54) is 0 Å². The number of carbonyl (C=O) groups excluding carboxylic acids is 1. The molecule has 1 N–H and O–H groups in total. The van der Waals surface area contributed by atoms with Crippen LogP contribution in [0.25, 0.3) is 0 Å². The molecule has 21 heavy (non-hydrogen) atoms. The van der Waals surface area contributed by atoms with Crippen molar-refractivity contribution in [3.63, 3.8) is 0 Å². The van der Waals surface area contributed by atoms with Gasteiger partial charge in [-0.15, -0.1) is 0 Å². The first-order chi connectivity index (χ1) is 10.0. The molecule has 1 unspecified atom stereocenters. The predicted octanol–water partition coefficient (Wildman–Crippen LogP) is 4.98. The van der Waals surface area contributed by atoms with Crippen LogP contribution in [0.3, 0.4) is 0 Å². The lowest BCUT2D eigenvalue weighted by Crippen LogP contribution is -2.31. The Morgan fingerprint density at radius 1 is 1.00 bits per heavy atom. The fourth-order valence-corrected chi connectivity index (χ4v) is 4.38. The Bertz CT molecular complexity index is 694. The zero-order chi connectivity index (χ0) is 15.0. The first-order valence-corrected chi connectivity index (χ1v) is 9.06. The highest BCUT2D eigenvalue weighted by Crippen LogP contribution is 2.35. The van der Waals surface area contributed by atoms with Crippen LogP contribution in [-0.4, -0.2) is 12.5 Å². The molecule has 0 saturated heterocycles.